The summed E-state index contributed by atoms with van der Waals surface area (Å²) in [5.41, 5.74) is 1.99. The molecule has 1 aliphatic heterocycles. The fourth-order valence-corrected chi connectivity index (χ4v) is 5.01. The first-order valence-electron chi connectivity index (χ1n) is 7.83. The fourth-order valence-electron chi connectivity index (χ4n) is 2.73. The second kappa shape index (κ2) is 6.44. The van der Waals surface area contributed by atoms with E-state index in [4.69, 9.17) is 4.52 Å². The molecular formula is C20H19O2P. The van der Waals surface area contributed by atoms with E-state index in [0.717, 1.165) is 21.7 Å². The molecule has 0 saturated carbocycles. The highest BCUT2D eigenvalue weighted by Crippen LogP contribution is 2.53. The zero-order chi connectivity index (χ0) is 16.3. The van der Waals surface area contributed by atoms with Gasteiger partial charge in [0.15, 0.2) is 0 Å². The summed E-state index contributed by atoms with van der Waals surface area (Å²) >= 11 is 0. The van der Waals surface area contributed by atoms with Crippen LogP contribution < -0.4 is 15.1 Å². The molecule has 0 radical (unpaired) electrons. The molecule has 2 nitrogen and oxygen atoms in total. The Morgan fingerprint density at radius 1 is 0.696 bits per heavy atom. The molecule has 0 bridgehead atoms. The van der Waals surface area contributed by atoms with Crippen LogP contribution in [0.3, 0.4) is 0 Å². The standard InChI is InChI=1S/C18H13O2P.C2H6/c19-21(14-8-2-1-3-9-14)18-13-7-5-11-16(18)15-10-4-6-12-17(15)20-21;1-2/h1-13H;1-2H3. The van der Waals surface area contributed by atoms with Gasteiger partial charge in [-0.05, 0) is 29.8 Å². The number of rotatable bonds is 1. The van der Waals surface area contributed by atoms with Gasteiger partial charge in [-0.15, -0.1) is 0 Å². The van der Waals surface area contributed by atoms with E-state index in [1.807, 2.05) is 92.7 Å². The topological polar surface area (TPSA) is 26.3 Å². The summed E-state index contributed by atoms with van der Waals surface area (Å²) in [6.45, 7) is 4.00. The van der Waals surface area contributed by atoms with Crippen LogP contribution in [-0.4, -0.2) is 0 Å². The highest BCUT2D eigenvalue weighted by atomic mass is 31.2. The monoisotopic (exact) mass is 322 g/mol. The number of fused-ring (bicyclic) bond motifs is 3. The first-order chi connectivity index (χ1) is 11.3. The molecule has 116 valence electrons. The maximum atomic E-state index is 13.6. The SMILES string of the molecule is CC.O=P1(c2ccccc2)Oc2ccccc2-c2ccccc21. The Balaban J connectivity index is 0.000000753. The van der Waals surface area contributed by atoms with Crippen molar-refractivity contribution in [2.24, 2.45) is 0 Å². The highest BCUT2D eigenvalue weighted by molar-refractivity contribution is 7.75. The number of benzene rings is 3. The van der Waals surface area contributed by atoms with E-state index in [-0.39, 0.29) is 0 Å². The van der Waals surface area contributed by atoms with E-state index in [2.05, 4.69) is 0 Å². The molecule has 4 rings (SSSR count). The Bertz CT molecular complexity index is 856. The van der Waals surface area contributed by atoms with E-state index in [0.29, 0.717) is 5.75 Å². The van der Waals surface area contributed by atoms with Gasteiger partial charge in [-0.1, -0.05) is 68.4 Å². The summed E-state index contributed by atoms with van der Waals surface area (Å²) in [6.07, 6.45) is 0. The largest absolute Gasteiger partial charge is 0.436 e. The van der Waals surface area contributed by atoms with Crippen molar-refractivity contribution in [3.8, 4) is 16.9 Å². The van der Waals surface area contributed by atoms with E-state index >= 15 is 0 Å². The van der Waals surface area contributed by atoms with Crippen LogP contribution in [0.5, 0.6) is 5.75 Å². The van der Waals surface area contributed by atoms with Gasteiger partial charge in [0.2, 0.25) is 0 Å². The molecule has 0 fully saturated rings. The smallest absolute Gasteiger partial charge is 0.307 e. The molecule has 1 heterocycles. The Morgan fingerprint density at radius 2 is 1.26 bits per heavy atom. The lowest BCUT2D eigenvalue weighted by molar-refractivity contribution is 0.501. The minimum Gasteiger partial charge on any atom is -0.436 e. The average molecular weight is 322 g/mol. The molecule has 1 aliphatic rings. The van der Waals surface area contributed by atoms with E-state index < -0.39 is 7.37 Å². The number of para-hydroxylation sites is 1. The Hall–Kier alpha value is -2.31. The minimum atomic E-state index is -3.09. The molecule has 23 heavy (non-hydrogen) atoms. The summed E-state index contributed by atoms with van der Waals surface area (Å²) in [5.74, 6) is 0.684. The minimum absolute atomic E-state index is 0.684. The van der Waals surface area contributed by atoms with Crippen LogP contribution in [-0.2, 0) is 4.57 Å². The van der Waals surface area contributed by atoms with Crippen molar-refractivity contribution < 1.29 is 9.09 Å². The van der Waals surface area contributed by atoms with Crippen molar-refractivity contribution >= 4 is 18.0 Å². The van der Waals surface area contributed by atoms with E-state index in [1.54, 1.807) is 0 Å². The summed E-state index contributed by atoms with van der Waals surface area (Å²) in [5, 5.41) is 1.50. The van der Waals surface area contributed by atoms with Crippen LogP contribution in [0.25, 0.3) is 11.1 Å². The molecular weight excluding hydrogens is 303 g/mol. The number of hydrogen-bond acceptors (Lipinski definition) is 2. The Kier molecular flexibility index (Phi) is 4.36. The Labute approximate surface area is 137 Å². The van der Waals surface area contributed by atoms with Gasteiger partial charge < -0.3 is 4.52 Å². The van der Waals surface area contributed by atoms with Crippen molar-refractivity contribution in [2.75, 3.05) is 0 Å². The summed E-state index contributed by atoms with van der Waals surface area (Å²) in [7, 11) is -3.09. The molecule has 1 atom stereocenters. The van der Waals surface area contributed by atoms with Crippen LogP contribution in [0.4, 0.5) is 0 Å². The van der Waals surface area contributed by atoms with Crippen LogP contribution in [0.1, 0.15) is 13.8 Å². The molecule has 0 N–H and O–H groups in total. The number of hydrogen-bond donors (Lipinski definition) is 0. The predicted molar refractivity (Wildman–Crippen MR) is 97.2 cm³/mol. The summed E-state index contributed by atoms with van der Waals surface area (Å²) in [4.78, 5) is 0. The molecule has 3 aromatic rings. The molecule has 3 aromatic carbocycles. The van der Waals surface area contributed by atoms with Gasteiger partial charge in [0, 0.05) is 5.56 Å². The molecule has 0 saturated heterocycles. The normalized spacial score (nSPS) is 17.8. The highest BCUT2D eigenvalue weighted by Gasteiger charge is 2.37. The van der Waals surface area contributed by atoms with Gasteiger partial charge in [-0.2, -0.15) is 0 Å². The first-order valence-corrected chi connectivity index (χ1v) is 9.46. The molecule has 3 heteroatoms. The zero-order valence-corrected chi connectivity index (χ0v) is 14.2. The van der Waals surface area contributed by atoms with E-state index in [9.17, 15) is 4.57 Å². The average Bonchev–Trinajstić information content (AvgIpc) is 2.64. The van der Waals surface area contributed by atoms with Crippen molar-refractivity contribution in [1.82, 2.24) is 0 Å². The van der Waals surface area contributed by atoms with Crippen molar-refractivity contribution in [3.05, 3.63) is 78.9 Å². The third kappa shape index (κ3) is 2.60. The maximum absolute atomic E-state index is 13.6. The van der Waals surface area contributed by atoms with Gasteiger partial charge in [-0.3, -0.25) is 4.57 Å². The third-order valence-electron chi connectivity index (χ3n) is 3.72. The second-order valence-corrected chi connectivity index (χ2v) is 7.28. The maximum Gasteiger partial charge on any atom is 0.307 e. The zero-order valence-electron chi connectivity index (χ0n) is 13.3. The molecule has 1 unspecified atom stereocenters. The first kappa shape index (κ1) is 15.6. The molecule has 0 aliphatic carbocycles. The van der Waals surface area contributed by atoms with Crippen LogP contribution >= 0.6 is 7.37 Å². The second-order valence-electron chi connectivity index (χ2n) is 4.99. The third-order valence-corrected chi connectivity index (χ3v) is 6.18. The van der Waals surface area contributed by atoms with Crippen LogP contribution in [0.2, 0.25) is 0 Å². The van der Waals surface area contributed by atoms with Crippen molar-refractivity contribution in [3.63, 3.8) is 0 Å². The lowest BCUT2D eigenvalue weighted by Crippen LogP contribution is -2.25. The van der Waals surface area contributed by atoms with Crippen molar-refractivity contribution in [1.29, 1.82) is 0 Å². The van der Waals surface area contributed by atoms with Gasteiger partial charge >= 0.3 is 7.37 Å². The van der Waals surface area contributed by atoms with Gasteiger partial charge in [0.25, 0.3) is 0 Å². The van der Waals surface area contributed by atoms with Gasteiger partial charge in [0.1, 0.15) is 5.75 Å². The summed E-state index contributed by atoms with van der Waals surface area (Å²) < 4.78 is 19.6. The van der Waals surface area contributed by atoms with Gasteiger partial charge in [-0.25, -0.2) is 0 Å². The quantitative estimate of drug-likeness (QED) is 0.589. The molecule has 0 amide bonds. The molecule has 0 aromatic heterocycles. The summed E-state index contributed by atoms with van der Waals surface area (Å²) in [6, 6.07) is 25.0. The van der Waals surface area contributed by atoms with E-state index in [1.165, 1.54) is 0 Å². The lowest BCUT2D eigenvalue weighted by atomic mass is 10.0. The Morgan fingerprint density at radius 3 is 2.00 bits per heavy atom. The van der Waals surface area contributed by atoms with Crippen LogP contribution in [0.15, 0.2) is 78.9 Å². The molecule has 0 spiro atoms. The predicted octanol–water partition coefficient (Wildman–Crippen LogP) is 5.00. The van der Waals surface area contributed by atoms with Crippen molar-refractivity contribution in [2.45, 2.75) is 13.8 Å². The lowest BCUT2D eigenvalue weighted by Gasteiger charge is -2.28. The van der Waals surface area contributed by atoms with Gasteiger partial charge in [0.05, 0.1) is 10.6 Å². The fraction of sp³-hybridized carbons (Fsp3) is 0.100. The van der Waals surface area contributed by atoms with Crippen LogP contribution in [0, 0.1) is 0 Å².